The average Bonchev–Trinajstić information content (AvgIpc) is 3.56. The number of furan rings is 1. The van der Waals surface area contributed by atoms with Crippen LogP contribution in [0.5, 0.6) is 0 Å². The van der Waals surface area contributed by atoms with Crippen molar-refractivity contribution in [2.45, 2.75) is 23.0 Å². The Labute approximate surface area is 199 Å². The van der Waals surface area contributed by atoms with Crippen LogP contribution >= 0.6 is 11.8 Å². The molecule has 1 aliphatic rings. The molecular weight excluding hydrogens is 454 g/mol. The first kappa shape index (κ1) is 21.8. The molecule has 0 unspecified atom stereocenters. The lowest BCUT2D eigenvalue weighted by Crippen LogP contribution is -2.43. The molecule has 1 amide bonds. The lowest BCUT2D eigenvalue weighted by molar-refractivity contribution is -0.121. The van der Waals surface area contributed by atoms with E-state index in [9.17, 15) is 9.59 Å². The number of nitrogens with one attached hydrogen (secondary N) is 2. The summed E-state index contributed by atoms with van der Waals surface area (Å²) in [6, 6.07) is 19.9. The second kappa shape index (κ2) is 9.44. The fourth-order valence-corrected chi connectivity index (χ4v) is 4.82. The largest absolute Gasteiger partial charge is 0.467 e. The number of carbonyl (C=O) groups excluding carboxylic acids is 2. The summed E-state index contributed by atoms with van der Waals surface area (Å²) in [5.74, 6) is 0.716. The summed E-state index contributed by atoms with van der Waals surface area (Å²) in [5, 5.41) is 11.6. The highest BCUT2D eigenvalue weighted by Gasteiger charge is 2.38. The summed E-state index contributed by atoms with van der Waals surface area (Å²) in [6.07, 6.45) is 1.57. The SMILES string of the molecule is COC(=O)c1ccc([C@H]2Nn3c(nnc3-c3ccccc3)S[C@H]2C(=O)NCc2ccco2)cc1. The normalized spacial score (nSPS) is 16.9. The van der Waals surface area contributed by atoms with E-state index in [0.29, 0.717) is 22.3 Å². The van der Waals surface area contributed by atoms with Crippen molar-refractivity contribution in [1.82, 2.24) is 20.2 Å². The zero-order valence-corrected chi connectivity index (χ0v) is 19.0. The summed E-state index contributed by atoms with van der Waals surface area (Å²) in [4.78, 5) is 25.1. The van der Waals surface area contributed by atoms with Crippen molar-refractivity contribution in [3.05, 3.63) is 89.9 Å². The summed E-state index contributed by atoms with van der Waals surface area (Å²) in [6.45, 7) is 0.277. The van der Waals surface area contributed by atoms with Gasteiger partial charge in [0.25, 0.3) is 0 Å². The van der Waals surface area contributed by atoms with Crippen LogP contribution in [0.15, 0.2) is 82.6 Å². The standard InChI is InChI=1S/C24H21N5O4S/c1-32-23(31)17-11-9-15(10-12-17)19-20(22(30)25-14-18-8-5-13-33-18)34-24-27-26-21(29(24)28-19)16-6-3-2-4-7-16/h2-13,19-20,28H,14H2,1H3,(H,25,30)/t19-,20-/m1/s1. The Morgan fingerprint density at radius 3 is 2.59 bits per heavy atom. The molecule has 0 bridgehead atoms. The number of methoxy groups -OCH3 is 1. The fraction of sp³-hybridized carbons (Fsp3) is 0.167. The number of amides is 1. The number of carbonyl (C=O) groups is 2. The van der Waals surface area contributed by atoms with Gasteiger partial charge in [0.15, 0.2) is 5.82 Å². The van der Waals surface area contributed by atoms with Crippen LogP contribution in [-0.4, -0.2) is 39.1 Å². The van der Waals surface area contributed by atoms with E-state index in [0.717, 1.165) is 11.1 Å². The van der Waals surface area contributed by atoms with Gasteiger partial charge in [-0.25, -0.2) is 9.47 Å². The molecular formula is C24H21N5O4S. The molecule has 0 saturated carbocycles. The molecule has 0 aliphatic carbocycles. The molecule has 5 rings (SSSR count). The maximum atomic E-state index is 13.2. The lowest BCUT2D eigenvalue weighted by atomic mass is 10.0. The molecule has 2 aromatic carbocycles. The molecule has 34 heavy (non-hydrogen) atoms. The summed E-state index contributed by atoms with van der Waals surface area (Å²) < 4.78 is 11.9. The third-order valence-electron chi connectivity index (χ3n) is 5.43. The van der Waals surface area contributed by atoms with Crippen LogP contribution in [0.3, 0.4) is 0 Å². The minimum atomic E-state index is -0.542. The van der Waals surface area contributed by atoms with Gasteiger partial charge >= 0.3 is 5.97 Å². The Morgan fingerprint density at radius 1 is 1.09 bits per heavy atom. The van der Waals surface area contributed by atoms with Crippen LogP contribution < -0.4 is 10.7 Å². The highest BCUT2D eigenvalue weighted by atomic mass is 32.2. The van der Waals surface area contributed by atoms with E-state index in [1.807, 2.05) is 42.5 Å². The highest BCUT2D eigenvalue weighted by Crippen LogP contribution is 2.38. The summed E-state index contributed by atoms with van der Waals surface area (Å²) >= 11 is 1.33. The molecule has 2 N–H and O–H groups in total. The van der Waals surface area contributed by atoms with Crippen molar-refractivity contribution in [3.8, 4) is 11.4 Å². The Kier molecular flexibility index (Phi) is 6.05. The second-order valence-corrected chi connectivity index (χ2v) is 8.67. The number of ether oxygens (including phenoxy) is 1. The van der Waals surface area contributed by atoms with Crippen LogP contribution in [0.1, 0.15) is 27.7 Å². The number of fused-ring (bicyclic) bond motifs is 1. The van der Waals surface area contributed by atoms with E-state index in [1.165, 1.54) is 18.9 Å². The van der Waals surface area contributed by atoms with E-state index in [-0.39, 0.29) is 12.5 Å². The van der Waals surface area contributed by atoms with Gasteiger partial charge in [0, 0.05) is 5.56 Å². The first-order valence-electron chi connectivity index (χ1n) is 10.6. The second-order valence-electron chi connectivity index (χ2n) is 7.56. The van der Waals surface area contributed by atoms with Gasteiger partial charge in [0.2, 0.25) is 11.1 Å². The number of nitrogens with zero attached hydrogens (tertiary/aromatic N) is 3. The highest BCUT2D eigenvalue weighted by molar-refractivity contribution is 8.00. The fourth-order valence-electron chi connectivity index (χ4n) is 3.71. The van der Waals surface area contributed by atoms with E-state index >= 15 is 0 Å². The van der Waals surface area contributed by atoms with Gasteiger partial charge in [0.05, 0.1) is 31.5 Å². The Bertz CT molecular complexity index is 1290. The number of rotatable bonds is 6. The molecule has 4 aromatic rings. The molecule has 0 spiro atoms. The van der Waals surface area contributed by atoms with Crippen molar-refractivity contribution >= 4 is 23.6 Å². The third kappa shape index (κ3) is 4.27. The topological polar surface area (TPSA) is 111 Å². The first-order chi connectivity index (χ1) is 16.6. The predicted molar refractivity (Wildman–Crippen MR) is 126 cm³/mol. The van der Waals surface area contributed by atoms with Crippen LogP contribution in [0.4, 0.5) is 0 Å². The molecule has 9 nitrogen and oxygen atoms in total. The summed E-state index contributed by atoms with van der Waals surface area (Å²) in [7, 11) is 1.34. The van der Waals surface area contributed by atoms with Gasteiger partial charge in [-0.3, -0.25) is 4.79 Å². The van der Waals surface area contributed by atoms with Crippen molar-refractivity contribution in [2.24, 2.45) is 0 Å². The quantitative estimate of drug-likeness (QED) is 0.408. The molecule has 3 heterocycles. The van der Waals surface area contributed by atoms with Crippen molar-refractivity contribution in [2.75, 3.05) is 12.5 Å². The number of hydrogen-bond donors (Lipinski definition) is 2. The Hall–Kier alpha value is -4.05. The number of aromatic nitrogens is 3. The first-order valence-corrected chi connectivity index (χ1v) is 11.4. The van der Waals surface area contributed by atoms with Crippen LogP contribution in [0, 0.1) is 0 Å². The van der Waals surface area contributed by atoms with Gasteiger partial charge in [-0.1, -0.05) is 54.2 Å². The van der Waals surface area contributed by atoms with E-state index in [2.05, 4.69) is 20.9 Å². The molecule has 10 heteroatoms. The molecule has 0 saturated heterocycles. The number of thioether (sulfide) groups is 1. The van der Waals surface area contributed by atoms with E-state index in [1.54, 1.807) is 35.2 Å². The van der Waals surface area contributed by atoms with Gasteiger partial charge in [-0.2, -0.15) is 0 Å². The smallest absolute Gasteiger partial charge is 0.337 e. The minimum Gasteiger partial charge on any atom is -0.467 e. The monoisotopic (exact) mass is 475 g/mol. The number of benzene rings is 2. The van der Waals surface area contributed by atoms with E-state index < -0.39 is 17.3 Å². The zero-order valence-electron chi connectivity index (χ0n) is 18.2. The average molecular weight is 476 g/mol. The molecule has 172 valence electrons. The van der Waals surface area contributed by atoms with Crippen LogP contribution in [-0.2, 0) is 16.1 Å². The van der Waals surface area contributed by atoms with Crippen LogP contribution in [0.2, 0.25) is 0 Å². The molecule has 2 aromatic heterocycles. The maximum Gasteiger partial charge on any atom is 0.337 e. The predicted octanol–water partition coefficient (Wildman–Crippen LogP) is 3.40. The Balaban J connectivity index is 1.47. The van der Waals surface area contributed by atoms with Gasteiger partial charge in [-0.05, 0) is 29.8 Å². The summed E-state index contributed by atoms with van der Waals surface area (Å²) in [5.41, 5.74) is 5.58. The maximum absolute atomic E-state index is 13.2. The number of esters is 1. The van der Waals surface area contributed by atoms with Gasteiger partial charge in [0.1, 0.15) is 11.0 Å². The number of hydrogen-bond acceptors (Lipinski definition) is 8. The lowest BCUT2D eigenvalue weighted by Gasteiger charge is -2.33. The minimum absolute atomic E-state index is 0.175. The third-order valence-corrected chi connectivity index (χ3v) is 6.65. The van der Waals surface area contributed by atoms with Gasteiger partial charge < -0.3 is 19.9 Å². The van der Waals surface area contributed by atoms with Crippen molar-refractivity contribution < 1.29 is 18.7 Å². The molecule has 0 fully saturated rings. The van der Waals surface area contributed by atoms with Crippen LogP contribution in [0.25, 0.3) is 11.4 Å². The van der Waals surface area contributed by atoms with Gasteiger partial charge in [-0.15, -0.1) is 10.2 Å². The molecule has 2 atom stereocenters. The van der Waals surface area contributed by atoms with Crippen molar-refractivity contribution in [1.29, 1.82) is 0 Å². The molecule has 0 radical (unpaired) electrons. The van der Waals surface area contributed by atoms with Crippen molar-refractivity contribution in [3.63, 3.8) is 0 Å². The molecule has 1 aliphatic heterocycles. The Morgan fingerprint density at radius 2 is 1.88 bits per heavy atom. The van der Waals surface area contributed by atoms with E-state index in [4.69, 9.17) is 9.15 Å². The zero-order chi connectivity index (χ0) is 23.5.